The third-order valence-corrected chi connectivity index (χ3v) is 4.00. The molecule has 0 radical (unpaired) electrons. The fourth-order valence-corrected chi connectivity index (χ4v) is 2.70. The third kappa shape index (κ3) is 3.97. The summed E-state index contributed by atoms with van der Waals surface area (Å²) in [5.41, 5.74) is 1.53. The summed E-state index contributed by atoms with van der Waals surface area (Å²) >= 11 is 6.00. The quantitative estimate of drug-likeness (QED) is 0.724. The molecule has 0 aliphatic rings. The van der Waals surface area contributed by atoms with E-state index in [9.17, 15) is 5.11 Å². The second-order valence-electron chi connectivity index (χ2n) is 5.85. The van der Waals surface area contributed by atoms with Crippen molar-refractivity contribution in [3.63, 3.8) is 0 Å². The molecule has 0 bridgehead atoms. The SMILES string of the molecule is CC(C)N(CCO)c1ccc(-c2nc(-c3cccc(Cl)c3)no2)cn1. The largest absolute Gasteiger partial charge is 0.395 e. The van der Waals surface area contributed by atoms with Crippen LogP contribution in [-0.2, 0) is 0 Å². The van der Waals surface area contributed by atoms with E-state index in [2.05, 4.69) is 29.0 Å². The molecule has 0 amide bonds. The molecule has 0 atom stereocenters. The second kappa shape index (κ2) is 7.63. The fourth-order valence-electron chi connectivity index (χ4n) is 2.51. The van der Waals surface area contributed by atoms with Crippen LogP contribution < -0.4 is 4.90 Å². The lowest BCUT2D eigenvalue weighted by Crippen LogP contribution is -2.34. The summed E-state index contributed by atoms with van der Waals surface area (Å²) in [5, 5.41) is 13.8. The van der Waals surface area contributed by atoms with Crippen LogP contribution in [0, 0.1) is 0 Å². The van der Waals surface area contributed by atoms with E-state index in [4.69, 9.17) is 16.1 Å². The van der Waals surface area contributed by atoms with Crippen molar-refractivity contribution in [2.24, 2.45) is 0 Å². The van der Waals surface area contributed by atoms with Crippen molar-refractivity contribution >= 4 is 17.4 Å². The number of aromatic nitrogens is 3. The summed E-state index contributed by atoms with van der Waals surface area (Å²) < 4.78 is 5.34. The number of halogens is 1. The van der Waals surface area contributed by atoms with Crippen LogP contribution >= 0.6 is 11.6 Å². The first-order valence-electron chi connectivity index (χ1n) is 8.02. The Morgan fingerprint density at radius 1 is 1.20 bits per heavy atom. The lowest BCUT2D eigenvalue weighted by molar-refractivity contribution is 0.298. The lowest BCUT2D eigenvalue weighted by Gasteiger charge is -2.26. The van der Waals surface area contributed by atoms with E-state index in [1.54, 1.807) is 18.3 Å². The van der Waals surface area contributed by atoms with Crippen molar-refractivity contribution in [2.75, 3.05) is 18.1 Å². The summed E-state index contributed by atoms with van der Waals surface area (Å²) in [6.45, 7) is 4.72. The van der Waals surface area contributed by atoms with E-state index in [1.165, 1.54) is 0 Å². The molecule has 6 nitrogen and oxygen atoms in total. The van der Waals surface area contributed by atoms with E-state index in [1.807, 2.05) is 29.2 Å². The van der Waals surface area contributed by atoms with Crippen LogP contribution in [0.25, 0.3) is 22.8 Å². The normalized spacial score (nSPS) is 11.1. The monoisotopic (exact) mass is 358 g/mol. The standard InChI is InChI=1S/C18H19ClN4O2/c1-12(2)23(8-9-24)16-7-6-14(11-20-16)18-21-17(22-25-18)13-4-3-5-15(19)10-13/h3-7,10-12,24H,8-9H2,1-2H3. The van der Waals surface area contributed by atoms with Gasteiger partial charge in [0.15, 0.2) is 0 Å². The van der Waals surface area contributed by atoms with E-state index in [-0.39, 0.29) is 12.6 Å². The number of aliphatic hydroxyl groups is 1. The Kier molecular flexibility index (Phi) is 5.31. The van der Waals surface area contributed by atoms with Gasteiger partial charge in [-0.15, -0.1) is 0 Å². The molecule has 0 aliphatic carbocycles. The maximum atomic E-state index is 9.20. The van der Waals surface area contributed by atoms with E-state index in [0.29, 0.717) is 23.3 Å². The Labute approximate surface area is 151 Å². The van der Waals surface area contributed by atoms with Gasteiger partial charge in [0.1, 0.15) is 5.82 Å². The Hall–Kier alpha value is -2.44. The highest BCUT2D eigenvalue weighted by Crippen LogP contribution is 2.25. The van der Waals surface area contributed by atoms with Crippen molar-refractivity contribution in [1.82, 2.24) is 15.1 Å². The molecule has 1 N–H and O–H groups in total. The zero-order valence-corrected chi connectivity index (χ0v) is 14.8. The van der Waals surface area contributed by atoms with Gasteiger partial charge in [-0.1, -0.05) is 28.9 Å². The Bertz CT molecular complexity index is 833. The van der Waals surface area contributed by atoms with Crippen LogP contribution in [0.2, 0.25) is 5.02 Å². The summed E-state index contributed by atoms with van der Waals surface area (Å²) in [5.74, 6) is 1.67. The van der Waals surface area contributed by atoms with Crippen molar-refractivity contribution in [3.8, 4) is 22.8 Å². The predicted octanol–water partition coefficient (Wildman–Crippen LogP) is 3.66. The average molecular weight is 359 g/mol. The highest BCUT2D eigenvalue weighted by molar-refractivity contribution is 6.30. The minimum atomic E-state index is 0.0776. The van der Waals surface area contributed by atoms with Gasteiger partial charge >= 0.3 is 0 Å². The van der Waals surface area contributed by atoms with Gasteiger partial charge in [-0.25, -0.2) is 4.98 Å². The Morgan fingerprint density at radius 3 is 2.68 bits per heavy atom. The van der Waals surface area contributed by atoms with Gasteiger partial charge in [0.05, 0.1) is 12.2 Å². The molecule has 3 aromatic rings. The molecule has 0 aliphatic heterocycles. The van der Waals surface area contributed by atoms with Crippen LogP contribution in [-0.4, -0.2) is 39.4 Å². The first-order chi connectivity index (χ1) is 12.1. The number of pyridine rings is 1. The van der Waals surface area contributed by atoms with Crippen molar-refractivity contribution in [3.05, 3.63) is 47.6 Å². The van der Waals surface area contributed by atoms with Gasteiger partial charge in [0.25, 0.3) is 5.89 Å². The molecule has 0 saturated heterocycles. The minimum absolute atomic E-state index is 0.0776. The summed E-state index contributed by atoms with van der Waals surface area (Å²) in [6, 6.07) is 11.3. The van der Waals surface area contributed by atoms with Crippen molar-refractivity contribution in [2.45, 2.75) is 19.9 Å². The zero-order valence-electron chi connectivity index (χ0n) is 14.1. The number of anilines is 1. The van der Waals surface area contributed by atoms with Crippen LogP contribution in [0.1, 0.15) is 13.8 Å². The van der Waals surface area contributed by atoms with Gasteiger partial charge < -0.3 is 14.5 Å². The lowest BCUT2D eigenvalue weighted by atomic mass is 10.2. The molecule has 0 saturated carbocycles. The number of hydrogen-bond acceptors (Lipinski definition) is 6. The molecule has 0 spiro atoms. The smallest absolute Gasteiger partial charge is 0.259 e. The minimum Gasteiger partial charge on any atom is -0.395 e. The molecule has 0 fully saturated rings. The first kappa shape index (κ1) is 17.4. The van der Waals surface area contributed by atoms with E-state index >= 15 is 0 Å². The molecule has 3 rings (SSSR count). The molecular formula is C18H19ClN4O2. The van der Waals surface area contributed by atoms with Crippen molar-refractivity contribution < 1.29 is 9.63 Å². The first-order valence-corrected chi connectivity index (χ1v) is 8.40. The van der Waals surface area contributed by atoms with Gasteiger partial charge in [-0.2, -0.15) is 4.98 Å². The molecular weight excluding hydrogens is 340 g/mol. The molecule has 2 aromatic heterocycles. The van der Waals surface area contributed by atoms with Crippen molar-refractivity contribution in [1.29, 1.82) is 0 Å². The highest BCUT2D eigenvalue weighted by atomic mass is 35.5. The van der Waals surface area contributed by atoms with Crippen LogP contribution in [0.3, 0.4) is 0 Å². The number of aliphatic hydroxyl groups excluding tert-OH is 1. The third-order valence-electron chi connectivity index (χ3n) is 3.76. The molecule has 0 unspecified atom stereocenters. The van der Waals surface area contributed by atoms with Crippen LogP contribution in [0.15, 0.2) is 47.1 Å². The van der Waals surface area contributed by atoms with E-state index in [0.717, 1.165) is 16.9 Å². The molecule has 7 heteroatoms. The molecule has 1 aromatic carbocycles. The maximum Gasteiger partial charge on any atom is 0.259 e. The molecule has 130 valence electrons. The van der Waals surface area contributed by atoms with Gasteiger partial charge in [-0.05, 0) is 38.1 Å². The average Bonchev–Trinajstić information content (AvgIpc) is 3.10. The predicted molar refractivity (Wildman–Crippen MR) is 97.5 cm³/mol. The van der Waals surface area contributed by atoms with Gasteiger partial charge in [-0.3, -0.25) is 0 Å². The number of nitrogens with zero attached hydrogens (tertiary/aromatic N) is 4. The highest BCUT2D eigenvalue weighted by Gasteiger charge is 2.14. The Balaban J connectivity index is 1.83. The topological polar surface area (TPSA) is 75.3 Å². The van der Waals surface area contributed by atoms with Gasteiger partial charge in [0, 0.05) is 29.4 Å². The van der Waals surface area contributed by atoms with Gasteiger partial charge in [0.2, 0.25) is 5.82 Å². The number of rotatable bonds is 6. The van der Waals surface area contributed by atoms with Crippen LogP contribution in [0.5, 0.6) is 0 Å². The number of benzene rings is 1. The zero-order chi connectivity index (χ0) is 17.8. The summed E-state index contributed by atoms with van der Waals surface area (Å²) in [6.07, 6.45) is 1.69. The fraction of sp³-hybridized carbons (Fsp3) is 0.278. The molecule has 2 heterocycles. The van der Waals surface area contributed by atoms with Crippen LogP contribution in [0.4, 0.5) is 5.82 Å². The summed E-state index contributed by atoms with van der Waals surface area (Å²) in [4.78, 5) is 10.9. The van der Waals surface area contributed by atoms with E-state index < -0.39 is 0 Å². The Morgan fingerprint density at radius 2 is 2.04 bits per heavy atom. The summed E-state index contributed by atoms with van der Waals surface area (Å²) in [7, 11) is 0. The molecule has 25 heavy (non-hydrogen) atoms. The second-order valence-corrected chi connectivity index (χ2v) is 6.29. The number of hydrogen-bond donors (Lipinski definition) is 1. The maximum absolute atomic E-state index is 9.20.